The Morgan fingerprint density at radius 1 is 0.780 bits per heavy atom. The number of carbonyl (C=O) groups is 4. The van der Waals surface area contributed by atoms with Gasteiger partial charge in [-0.05, 0) is 18.4 Å². The van der Waals surface area contributed by atoms with Gasteiger partial charge in [0.1, 0.15) is 0 Å². The lowest BCUT2D eigenvalue weighted by Gasteiger charge is -2.29. The van der Waals surface area contributed by atoms with E-state index in [1.165, 1.54) is 0 Å². The fraction of sp³-hybridized carbons (Fsp3) is 0.484. The average Bonchev–Trinajstić information content (AvgIpc) is 2.89. The first-order valence-electron chi connectivity index (χ1n) is 14.1. The van der Waals surface area contributed by atoms with Crippen molar-refractivity contribution in [2.24, 2.45) is 0 Å². The molecule has 1 aliphatic carbocycles. The van der Waals surface area contributed by atoms with E-state index in [1.54, 1.807) is 48.2 Å². The van der Waals surface area contributed by atoms with Gasteiger partial charge in [-0.3, -0.25) is 19.2 Å². The molecule has 0 radical (unpaired) electrons. The molecule has 0 unspecified atom stereocenters. The van der Waals surface area contributed by atoms with E-state index in [0.29, 0.717) is 65.0 Å². The van der Waals surface area contributed by atoms with E-state index < -0.39 is 0 Å². The van der Waals surface area contributed by atoms with E-state index in [2.05, 4.69) is 37.1 Å². The summed E-state index contributed by atoms with van der Waals surface area (Å²) in [7, 11) is 10.3. The Labute approximate surface area is 248 Å². The van der Waals surface area contributed by atoms with Crippen LogP contribution in [0.3, 0.4) is 0 Å². The van der Waals surface area contributed by atoms with Crippen LogP contribution in [0.15, 0.2) is 36.4 Å². The lowest BCUT2D eigenvalue weighted by Crippen LogP contribution is -2.48. The van der Waals surface area contributed by atoms with Crippen LogP contribution >= 0.6 is 11.8 Å². The third kappa shape index (κ3) is 9.14. The van der Waals surface area contributed by atoms with Crippen LogP contribution < -0.4 is 16.0 Å². The second-order valence-corrected chi connectivity index (χ2v) is 13.2. The predicted octanol–water partition coefficient (Wildman–Crippen LogP) is 3.24. The van der Waals surface area contributed by atoms with Gasteiger partial charge in [0.2, 0.25) is 5.91 Å². The highest BCUT2D eigenvalue weighted by Crippen LogP contribution is 2.36. The maximum atomic E-state index is 13.7. The number of amides is 2. The van der Waals surface area contributed by atoms with Crippen molar-refractivity contribution in [3.63, 3.8) is 0 Å². The number of quaternary nitrogens is 2. The zero-order valence-corrected chi connectivity index (χ0v) is 26.1. The van der Waals surface area contributed by atoms with Crippen molar-refractivity contribution in [1.29, 1.82) is 0 Å². The standard InChI is InChI=1S/C31H43N5O4S/c1-35(2,3)18-9-13-26(37)34-25-15-14-24(28-29(25)31(40)23-12-8-7-11-22(23)30(28)39)32-16-10-19-36(4,5)21-27(38)33-17-20-41-6/h7-8,11-12,14-15H,9-10,13,16-21H2,1-6H3,(H-2,32,33,34,37,38,39,40)/p+2. The molecule has 1 aliphatic rings. The predicted molar refractivity (Wildman–Crippen MR) is 167 cm³/mol. The van der Waals surface area contributed by atoms with Gasteiger partial charge in [0.15, 0.2) is 18.1 Å². The zero-order valence-electron chi connectivity index (χ0n) is 25.3. The minimum absolute atomic E-state index is 0.0314. The molecule has 10 heteroatoms. The van der Waals surface area contributed by atoms with Crippen LogP contribution in [0.1, 0.15) is 51.1 Å². The first-order chi connectivity index (χ1) is 19.3. The van der Waals surface area contributed by atoms with E-state index in [-0.39, 0.29) is 28.9 Å². The normalized spacial score (nSPS) is 12.9. The average molecular weight is 584 g/mol. The Bertz CT molecular complexity index is 1290. The number of thioether (sulfide) groups is 1. The summed E-state index contributed by atoms with van der Waals surface area (Å²) in [6.45, 7) is 3.20. The van der Waals surface area contributed by atoms with Crippen molar-refractivity contribution < 1.29 is 28.1 Å². The molecular weight excluding hydrogens is 538 g/mol. The number of carbonyl (C=O) groups excluding carboxylic acids is 4. The van der Waals surface area contributed by atoms with E-state index in [9.17, 15) is 19.2 Å². The first-order valence-corrected chi connectivity index (χ1v) is 15.5. The molecule has 222 valence electrons. The van der Waals surface area contributed by atoms with Gasteiger partial charge in [0.05, 0.1) is 65.1 Å². The summed E-state index contributed by atoms with van der Waals surface area (Å²) in [6.07, 6.45) is 3.80. The fourth-order valence-corrected chi connectivity index (χ4v) is 5.25. The molecule has 3 rings (SSSR count). The number of rotatable bonds is 15. The minimum atomic E-state index is -0.272. The van der Waals surface area contributed by atoms with E-state index in [1.807, 2.05) is 20.4 Å². The van der Waals surface area contributed by atoms with Gasteiger partial charge in [0, 0.05) is 54.9 Å². The first kappa shape index (κ1) is 32.3. The van der Waals surface area contributed by atoms with E-state index in [4.69, 9.17) is 0 Å². The molecular formula is C31H45N5O4S+2. The Morgan fingerprint density at radius 2 is 1.39 bits per heavy atom. The zero-order chi connectivity index (χ0) is 30.2. The molecule has 9 nitrogen and oxygen atoms in total. The highest BCUT2D eigenvalue weighted by molar-refractivity contribution is 7.98. The van der Waals surface area contributed by atoms with Gasteiger partial charge in [-0.1, -0.05) is 24.3 Å². The van der Waals surface area contributed by atoms with Gasteiger partial charge in [-0.15, -0.1) is 0 Å². The van der Waals surface area contributed by atoms with E-state index >= 15 is 0 Å². The third-order valence-electron chi connectivity index (χ3n) is 7.04. The van der Waals surface area contributed by atoms with Crippen LogP contribution in [0.25, 0.3) is 0 Å². The lowest BCUT2D eigenvalue weighted by atomic mass is 9.82. The second kappa shape index (κ2) is 14.1. The molecule has 2 amide bonds. The smallest absolute Gasteiger partial charge is 0.275 e. The SMILES string of the molecule is CSCCNC(=O)C[N+](C)(C)CCCNc1ccc(NC(=O)CCC[N+](C)(C)C)c2c1C(=O)c1ccccc1C2=O. The maximum Gasteiger partial charge on any atom is 0.275 e. The van der Waals surface area contributed by atoms with Crippen molar-refractivity contribution >= 4 is 46.5 Å². The highest BCUT2D eigenvalue weighted by Gasteiger charge is 2.34. The highest BCUT2D eigenvalue weighted by atomic mass is 32.2. The quantitative estimate of drug-likeness (QED) is 0.188. The molecule has 2 aromatic rings. The number of nitrogens with one attached hydrogen (secondary N) is 3. The lowest BCUT2D eigenvalue weighted by molar-refractivity contribution is -0.882. The van der Waals surface area contributed by atoms with Crippen LogP contribution in [0.5, 0.6) is 0 Å². The molecule has 3 N–H and O–H groups in total. The van der Waals surface area contributed by atoms with Crippen molar-refractivity contribution in [3.05, 3.63) is 58.7 Å². The number of likely N-dealkylation sites (N-methyl/N-ethyl adjacent to an activating group) is 1. The number of ketones is 2. The number of hydrogen-bond donors (Lipinski definition) is 3. The monoisotopic (exact) mass is 583 g/mol. The Morgan fingerprint density at radius 3 is 2.00 bits per heavy atom. The molecule has 0 atom stereocenters. The van der Waals surface area contributed by atoms with Crippen molar-refractivity contribution in [1.82, 2.24) is 5.32 Å². The van der Waals surface area contributed by atoms with Crippen LogP contribution in [-0.4, -0.2) is 112 Å². The maximum absolute atomic E-state index is 13.7. The summed E-state index contributed by atoms with van der Waals surface area (Å²) in [6, 6.07) is 10.3. The molecule has 0 bridgehead atoms. The minimum Gasteiger partial charge on any atom is -0.384 e. The van der Waals surface area contributed by atoms with Gasteiger partial charge < -0.3 is 24.9 Å². The van der Waals surface area contributed by atoms with Crippen LogP contribution in [-0.2, 0) is 9.59 Å². The Hall–Kier alpha value is -3.21. The largest absolute Gasteiger partial charge is 0.384 e. The molecule has 2 aromatic carbocycles. The number of hydrogen-bond acceptors (Lipinski definition) is 6. The number of benzene rings is 2. The van der Waals surface area contributed by atoms with Gasteiger partial charge >= 0.3 is 0 Å². The molecule has 41 heavy (non-hydrogen) atoms. The Balaban J connectivity index is 1.74. The summed E-state index contributed by atoms with van der Waals surface area (Å²) in [5.41, 5.74) is 2.16. The third-order valence-corrected chi connectivity index (χ3v) is 7.65. The molecule has 0 fully saturated rings. The van der Waals surface area contributed by atoms with Crippen molar-refractivity contribution in [2.75, 3.05) is 90.6 Å². The van der Waals surface area contributed by atoms with Gasteiger partial charge in [-0.2, -0.15) is 11.8 Å². The number of nitrogens with zero attached hydrogens (tertiary/aromatic N) is 2. The molecule has 0 spiro atoms. The topological polar surface area (TPSA) is 104 Å². The van der Waals surface area contributed by atoms with Crippen molar-refractivity contribution in [2.45, 2.75) is 19.3 Å². The second-order valence-electron chi connectivity index (χ2n) is 12.2. The van der Waals surface area contributed by atoms with E-state index in [0.717, 1.165) is 29.7 Å². The summed E-state index contributed by atoms with van der Waals surface area (Å²) in [5, 5.41) is 9.21. The molecule has 0 saturated carbocycles. The van der Waals surface area contributed by atoms with Crippen molar-refractivity contribution in [3.8, 4) is 0 Å². The number of anilines is 2. The summed E-state index contributed by atoms with van der Waals surface area (Å²) < 4.78 is 1.29. The van der Waals surface area contributed by atoms with Gasteiger partial charge in [-0.25, -0.2) is 0 Å². The van der Waals surface area contributed by atoms with Crippen LogP contribution in [0, 0.1) is 0 Å². The molecule has 0 heterocycles. The molecule has 0 aliphatic heterocycles. The summed E-state index contributed by atoms with van der Waals surface area (Å²) in [4.78, 5) is 52.4. The molecule has 0 saturated heterocycles. The van der Waals surface area contributed by atoms with Crippen LogP contribution in [0.4, 0.5) is 11.4 Å². The molecule has 0 aromatic heterocycles. The van der Waals surface area contributed by atoms with Gasteiger partial charge in [0.25, 0.3) is 5.91 Å². The number of fused-ring (bicyclic) bond motifs is 2. The summed E-state index contributed by atoms with van der Waals surface area (Å²) >= 11 is 1.70. The Kier molecular flexibility index (Phi) is 11.1. The van der Waals surface area contributed by atoms with Crippen LogP contribution in [0.2, 0.25) is 0 Å². The summed E-state index contributed by atoms with van der Waals surface area (Å²) in [5.74, 6) is 0.225. The fourth-order valence-electron chi connectivity index (χ4n) is 4.95.